The summed E-state index contributed by atoms with van der Waals surface area (Å²) < 4.78 is 31.7. The average Bonchev–Trinajstić information content (AvgIpc) is 2.71. The Labute approximate surface area is 162 Å². The fourth-order valence-corrected chi connectivity index (χ4v) is 3.14. The van der Waals surface area contributed by atoms with Crippen molar-refractivity contribution in [2.45, 2.75) is 19.3 Å². The number of likely N-dealkylation sites (tertiary alicyclic amines) is 1. The first-order chi connectivity index (χ1) is 13.5. The predicted molar refractivity (Wildman–Crippen MR) is 101 cm³/mol. The van der Waals surface area contributed by atoms with Crippen LogP contribution in [0, 0.1) is 17.6 Å². The molecule has 0 saturated carbocycles. The van der Waals surface area contributed by atoms with E-state index in [-0.39, 0.29) is 29.8 Å². The highest BCUT2D eigenvalue weighted by Gasteiger charge is 2.27. The van der Waals surface area contributed by atoms with Gasteiger partial charge in [0.2, 0.25) is 11.8 Å². The van der Waals surface area contributed by atoms with Crippen LogP contribution in [-0.2, 0) is 9.59 Å². The normalized spacial score (nSPS) is 14.6. The number of carbonyl (C=O) groups is 2. The van der Waals surface area contributed by atoms with Crippen molar-refractivity contribution in [3.63, 3.8) is 0 Å². The second-order valence-electron chi connectivity index (χ2n) is 6.68. The molecule has 2 amide bonds. The summed E-state index contributed by atoms with van der Waals surface area (Å²) in [6.45, 7) is 1.28. The number of halogens is 2. The Morgan fingerprint density at radius 3 is 2.43 bits per heavy atom. The number of hydrogen-bond donors (Lipinski definition) is 1. The highest BCUT2D eigenvalue weighted by atomic mass is 19.2. The van der Waals surface area contributed by atoms with Gasteiger partial charge in [0.1, 0.15) is 5.75 Å². The fourth-order valence-electron chi connectivity index (χ4n) is 3.14. The van der Waals surface area contributed by atoms with Gasteiger partial charge in [0.15, 0.2) is 11.6 Å². The Morgan fingerprint density at radius 2 is 1.75 bits per heavy atom. The number of para-hydroxylation sites is 1. The molecule has 148 valence electrons. The summed E-state index contributed by atoms with van der Waals surface area (Å²) in [7, 11) is 0. The van der Waals surface area contributed by atoms with Gasteiger partial charge in [-0.15, -0.1) is 0 Å². The minimum atomic E-state index is -1.00. The van der Waals surface area contributed by atoms with E-state index in [4.69, 9.17) is 4.74 Å². The van der Waals surface area contributed by atoms with Crippen LogP contribution in [0.2, 0.25) is 0 Å². The summed E-state index contributed by atoms with van der Waals surface area (Å²) in [4.78, 5) is 26.3. The van der Waals surface area contributed by atoms with Crippen LogP contribution in [0.3, 0.4) is 0 Å². The molecule has 2 aromatic carbocycles. The Kier molecular flexibility index (Phi) is 6.57. The molecule has 0 atom stereocenters. The molecule has 1 N–H and O–H groups in total. The molecular formula is C21H22F2N2O3. The smallest absolute Gasteiger partial charge is 0.227 e. The molecule has 1 fully saturated rings. The number of nitrogens with zero attached hydrogens (tertiary/aromatic N) is 1. The third-order valence-corrected chi connectivity index (χ3v) is 4.73. The van der Waals surface area contributed by atoms with Crippen molar-refractivity contribution in [1.29, 1.82) is 0 Å². The van der Waals surface area contributed by atoms with Crippen molar-refractivity contribution < 1.29 is 23.1 Å². The molecule has 7 heteroatoms. The molecule has 0 aliphatic carbocycles. The van der Waals surface area contributed by atoms with Crippen LogP contribution in [0.25, 0.3) is 0 Å². The number of benzene rings is 2. The monoisotopic (exact) mass is 388 g/mol. The first kappa shape index (κ1) is 19.8. The molecule has 0 bridgehead atoms. The van der Waals surface area contributed by atoms with Gasteiger partial charge in [0.25, 0.3) is 0 Å². The second kappa shape index (κ2) is 9.30. The van der Waals surface area contributed by atoms with E-state index in [1.807, 2.05) is 30.3 Å². The van der Waals surface area contributed by atoms with E-state index < -0.39 is 11.6 Å². The Morgan fingerprint density at radius 1 is 1.04 bits per heavy atom. The number of ether oxygens (including phenoxy) is 1. The molecule has 0 unspecified atom stereocenters. The van der Waals surface area contributed by atoms with E-state index in [9.17, 15) is 18.4 Å². The lowest BCUT2D eigenvalue weighted by atomic mass is 9.95. The highest BCUT2D eigenvalue weighted by molar-refractivity contribution is 5.92. The quantitative estimate of drug-likeness (QED) is 0.823. The van der Waals surface area contributed by atoms with Gasteiger partial charge in [-0.3, -0.25) is 9.59 Å². The second-order valence-corrected chi connectivity index (χ2v) is 6.68. The topological polar surface area (TPSA) is 58.6 Å². The molecule has 2 aromatic rings. The van der Waals surface area contributed by atoms with E-state index >= 15 is 0 Å². The van der Waals surface area contributed by atoms with Crippen molar-refractivity contribution in [2.24, 2.45) is 5.92 Å². The minimum absolute atomic E-state index is 0.00426. The standard InChI is InChI=1S/C21H22F2N2O3/c22-18-7-6-16(14-19(18)23)24-21(27)15-8-11-25(12-9-15)20(26)10-13-28-17-4-2-1-3-5-17/h1-7,14-15H,8-13H2,(H,24,27). The van der Waals surface area contributed by atoms with Crippen LogP contribution in [0.4, 0.5) is 14.5 Å². The van der Waals surface area contributed by atoms with Crippen LogP contribution < -0.4 is 10.1 Å². The number of piperidine rings is 1. The zero-order chi connectivity index (χ0) is 19.9. The lowest BCUT2D eigenvalue weighted by molar-refractivity contribution is -0.135. The molecule has 0 radical (unpaired) electrons. The maximum Gasteiger partial charge on any atom is 0.227 e. The van der Waals surface area contributed by atoms with Gasteiger partial charge in [0.05, 0.1) is 13.0 Å². The number of hydrogen-bond acceptors (Lipinski definition) is 3. The van der Waals surface area contributed by atoms with Crippen molar-refractivity contribution in [3.05, 3.63) is 60.2 Å². The van der Waals surface area contributed by atoms with Gasteiger partial charge in [-0.1, -0.05) is 18.2 Å². The molecular weight excluding hydrogens is 366 g/mol. The summed E-state index contributed by atoms with van der Waals surface area (Å²) in [6, 6.07) is 12.6. The first-order valence-corrected chi connectivity index (χ1v) is 9.24. The third kappa shape index (κ3) is 5.28. The highest BCUT2D eigenvalue weighted by Crippen LogP contribution is 2.21. The van der Waals surface area contributed by atoms with Crippen molar-refractivity contribution >= 4 is 17.5 Å². The van der Waals surface area contributed by atoms with E-state index in [1.165, 1.54) is 6.07 Å². The number of nitrogens with one attached hydrogen (secondary N) is 1. The fraction of sp³-hybridized carbons (Fsp3) is 0.333. The molecule has 1 saturated heterocycles. The van der Waals surface area contributed by atoms with Gasteiger partial charge in [-0.05, 0) is 37.1 Å². The Hall–Kier alpha value is -2.96. The molecule has 1 aliphatic heterocycles. The lowest BCUT2D eigenvalue weighted by Crippen LogP contribution is -2.41. The number of rotatable bonds is 6. The molecule has 1 aliphatic rings. The largest absolute Gasteiger partial charge is 0.493 e. The van der Waals surface area contributed by atoms with Gasteiger partial charge >= 0.3 is 0 Å². The van der Waals surface area contributed by atoms with Gasteiger partial charge in [-0.2, -0.15) is 0 Å². The summed E-state index contributed by atoms with van der Waals surface area (Å²) in [6.07, 6.45) is 1.34. The number of carbonyl (C=O) groups excluding carboxylic acids is 2. The van der Waals surface area contributed by atoms with Gasteiger partial charge < -0.3 is 15.0 Å². The van der Waals surface area contributed by atoms with Crippen LogP contribution >= 0.6 is 0 Å². The first-order valence-electron chi connectivity index (χ1n) is 9.24. The van der Waals surface area contributed by atoms with Crippen LogP contribution in [-0.4, -0.2) is 36.4 Å². The number of amides is 2. The van der Waals surface area contributed by atoms with Crippen molar-refractivity contribution in [2.75, 3.05) is 25.0 Å². The molecule has 5 nitrogen and oxygen atoms in total. The number of anilines is 1. The Balaban J connectivity index is 1.41. The predicted octanol–water partition coefficient (Wildman–Crippen LogP) is 3.61. The van der Waals surface area contributed by atoms with E-state index in [2.05, 4.69) is 5.32 Å². The lowest BCUT2D eigenvalue weighted by Gasteiger charge is -2.31. The van der Waals surface area contributed by atoms with Gasteiger partial charge in [-0.25, -0.2) is 8.78 Å². The van der Waals surface area contributed by atoms with Crippen molar-refractivity contribution in [1.82, 2.24) is 4.90 Å². The van der Waals surface area contributed by atoms with Crippen LogP contribution in [0.1, 0.15) is 19.3 Å². The SMILES string of the molecule is O=C(Nc1ccc(F)c(F)c1)C1CCN(C(=O)CCOc2ccccc2)CC1. The van der Waals surface area contributed by atoms with E-state index in [0.717, 1.165) is 17.9 Å². The molecule has 28 heavy (non-hydrogen) atoms. The summed E-state index contributed by atoms with van der Waals surface area (Å²) in [5.41, 5.74) is 0.223. The maximum absolute atomic E-state index is 13.2. The van der Waals surface area contributed by atoms with Crippen molar-refractivity contribution in [3.8, 4) is 5.75 Å². The molecule has 0 spiro atoms. The molecule has 3 rings (SSSR count). The van der Waals surface area contributed by atoms with E-state index in [0.29, 0.717) is 32.5 Å². The zero-order valence-corrected chi connectivity index (χ0v) is 15.4. The Bertz CT molecular complexity index is 822. The average molecular weight is 388 g/mol. The van der Waals surface area contributed by atoms with Crippen LogP contribution in [0.5, 0.6) is 5.75 Å². The molecule has 0 aromatic heterocycles. The van der Waals surface area contributed by atoms with Gasteiger partial charge in [0, 0.05) is 30.8 Å². The van der Waals surface area contributed by atoms with Crippen LogP contribution in [0.15, 0.2) is 48.5 Å². The maximum atomic E-state index is 13.2. The minimum Gasteiger partial charge on any atom is -0.493 e. The third-order valence-electron chi connectivity index (χ3n) is 4.73. The summed E-state index contributed by atoms with van der Waals surface area (Å²) >= 11 is 0. The summed E-state index contributed by atoms with van der Waals surface area (Å²) in [5.74, 6) is -1.75. The zero-order valence-electron chi connectivity index (χ0n) is 15.4. The van der Waals surface area contributed by atoms with E-state index in [1.54, 1.807) is 4.90 Å². The molecule has 1 heterocycles. The summed E-state index contributed by atoms with van der Waals surface area (Å²) in [5, 5.41) is 2.61.